The Morgan fingerprint density at radius 2 is 0.672 bits per heavy atom. The number of hydrogen-bond acceptors (Lipinski definition) is 27. The van der Waals surface area contributed by atoms with Crippen LogP contribution >= 0.6 is 45.3 Å². The smallest absolute Gasteiger partial charge is 0.413 e. The second kappa shape index (κ2) is 47.1. The van der Waals surface area contributed by atoms with Gasteiger partial charge in [-0.2, -0.15) is 0 Å². The van der Waals surface area contributed by atoms with Crippen LogP contribution in [-0.4, -0.2) is 188 Å². The third-order valence-corrected chi connectivity index (χ3v) is 25.7. The van der Waals surface area contributed by atoms with Gasteiger partial charge in [0.1, 0.15) is 34.5 Å². The van der Waals surface area contributed by atoms with Crippen molar-refractivity contribution in [3.63, 3.8) is 0 Å². The predicted molar refractivity (Wildman–Crippen MR) is 505 cm³/mol. The molecule has 0 unspecified atom stereocenters. The molecule has 0 spiro atoms. The lowest BCUT2D eigenvalue weighted by atomic mass is 9.93. The zero-order valence-corrected chi connectivity index (χ0v) is 80.0. The van der Waals surface area contributed by atoms with E-state index in [1.54, 1.807) is 160 Å². The molecule has 4 saturated heterocycles. The number of likely N-dealkylation sites (tertiary alicyclic amines) is 3. The van der Waals surface area contributed by atoms with E-state index in [9.17, 15) is 67.1 Å². The van der Waals surface area contributed by atoms with E-state index in [0.29, 0.717) is 104 Å². The molecule has 8 atom stereocenters. The van der Waals surface area contributed by atoms with Crippen molar-refractivity contribution < 1.29 is 81.7 Å². The molecule has 41 heteroatoms. The van der Waals surface area contributed by atoms with E-state index in [1.807, 2.05) is 31.2 Å². The molecule has 8 aromatic rings. The summed E-state index contributed by atoms with van der Waals surface area (Å²) in [7, 11) is 6.40. The number of carboxylic acids is 1. The number of carbonyl (C=O) groups excluding carboxylic acids is 13. The Labute approximate surface area is 776 Å². The summed E-state index contributed by atoms with van der Waals surface area (Å²) in [6, 6.07) is 21.0. The first-order valence-corrected chi connectivity index (χ1v) is 45.8. The summed E-state index contributed by atoms with van der Waals surface area (Å²) in [6.07, 6.45) is 11.6. The first-order chi connectivity index (χ1) is 61.7. The van der Waals surface area contributed by atoms with Crippen molar-refractivity contribution in [1.29, 1.82) is 0 Å². The summed E-state index contributed by atoms with van der Waals surface area (Å²) in [5, 5.41) is 37.5. The van der Waals surface area contributed by atoms with Gasteiger partial charge in [-0.05, 0) is 246 Å². The lowest BCUT2D eigenvalue weighted by Crippen LogP contribution is -2.46. The summed E-state index contributed by atoms with van der Waals surface area (Å²) in [4.78, 5) is 197. The molecule has 131 heavy (non-hydrogen) atoms. The fourth-order valence-electron chi connectivity index (χ4n) is 14.2. The van der Waals surface area contributed by atoms with Gasteiger partial charge < -0.3 is 88.6 Å². The number of aryl methyl sites for hydroxylation is 4. The van der Waals surface area contributed by atoms with Gasteiger partial charge in [-0.1, -0.05) is 27.7 Å². The second-order valence-corrected chi connectivity index (χ2v) is 38.7. The van der Waals surface area contributed by atoms with Crippen LogP contribution in [0.3, 0.4) is 0 Å². The average molecular weight is 1880 g/mol. The lowest BCUT2D eigenvalue weighted by molar-refractivity contribution is -0.147. The fourth-order valence-corrected chi connectivity index (χ4v) is 18.5. The molecule has 37 nitrogen and oxygen atoms in total. The van der Waals surface area contributed by atoms with E-state index in [4.69, 9.17) is 26.0 Å². The molecule has 0 radical (unpaired) electrons. The van der Waals surface area contributed by atoms with Crippen LogP contribution in [0, 0.1) is 51.4 Å². The highest BCUT2D eigenvalue weighted by Crippen LogP contribution is 2.41. The molecule has 13 amide bonds. The van der Waals surface area contributed by atoms with Gasteiger partial charge in [-0.25, -0.2) is 34.3 Å². The number of nitrogens with two attached hydrogens (primary N) is 2. The van der Waals surface area contributed by atoms with E-state index in [-0.39, 0.29) is 59.2 Å². The van der Waals surface area contributed by atoms with Crippen molar-refractivity contribution in [3.8, 4) is 0 Å². The number of nitrogens with zero attached hydrogens (tertiary/aromatic N) is 7. The number of piperidine rings is 4. The minimum Gasteiger partial charge on any atom is -0.474 e. The zero-order valence-electron chi connectivity index (χ0n) is 76.7. The van der Waals surface area contributed by atoms with E-state index in [1.165, 1.54) is 82.6 Å². The largest absolute Gasteiger partial charge is 0.474 e. The van der Waals surface area contributed by atoms with E-state index in [0.717, 1.165) is 75.2 Å². The van der Waals surface area contributed by atoms with Crippen LogP contribution in [0.15, 0.2) is 97.6 Å². The number of rotatable bonds is 14. The number of aromatic nitrogens is 4. The van der Waals surface area contributed by atoms with E-state index in [2.05, 4.69) is 105 Å². The molecule has 4 aliphatic heterocycles. The number of ether oxygens (including phenoxy) is 2. The third-order valence-electron chi connectivity index (χ3n) is 21.0. The highest BCUT2D eigenvalue weighted by molar-refractivity contribution is 7.15. The molecule has 0 aliphatic carbocycles. The number of hydrogen-bond donors (Lipinski definition) is 14. The number of nitrogens with one attached hydrogen (secondary N) is 11. The number of carboxylic acid groups (broad SMARTS) is 1. The Bertz CT molecular complexity index is 5320. The molecule has 0 saturated carbocycles. The predicted octanol–water partition coefficient (Wildman–Crippen LogP) is 12.7. The molecular weight excluding hydrogens is 1760 g/mol. The van der Waals surface area contributed by atoms with Crippen molar-refractivity contribution in [2.75, 3.05) is 97.7 Å². The van der Waals surface area contributed by atoms with Crippen molar-refractivity contribution >= 4 is 175 Å². The Morgan fingerprint density at radius 1 is 0.389 bits per heavy atom. The Hall–Kier alpha value is -12.9. The SMILES string of the molecule is CNC(=O)c1ccc([C@@H]2CC[C@@H](C)CN2)s1.CNC(=O)c1ccc([C@@H]2CC[C@@H](C)CN2C(=O)C(=O)Nc2cnc(N)c(C)c2)s1.CNC(=O)c1ccc([C@@H]2CC[C@@H](C)CN2C(=O)C(=O)Nc2cnc(N)c(C)c2)s1.CNC(=O)c1ccc([C@@H]2CC[C@@H](C)CN2C(=O)C(=O)Nc2cnc(NC(=O)OC(C)(C)C)c(C)c2)s1.Cc1cc(NC(=O)C(=O)O)cnc1NC(=O)OC(C)(C)C. The molecule has 12 heterocycles. The molecule has 4 fully saturated rings. The van der Waals surface area contributed by atoms with Crippen molar-refractivity contribution in [2.45, 2.75) is 184 Å². The monoisotopic (exact) mass is 1880 g/mol. The van der Waals surface area contributed by atoms with Crippen molar-refractivity contribution in [1.82, 2.24) is 61.2 Å². The maximum atomic E-state index is 13.2. The summed E-state index contributed by atoms with van der Waals surface area (Å²) in [5.74, 6) is -4.34. The number of pyridine rings is 4. The molecule has 8 aromatic heterocycles. The number of nitrogen functional groups attached to an aromatic ring is 2. The Balaban J connectivity index is 0.000000206. The summed E-state index contributed by atoms with van der Waals surface area (Å²) < 4.78 is 10.3. The molecule has 704 valence electrons. The zero-order chi connectivity index (χ0) is 96.6. The topological polar surface area (TPSA) is 523 Å². The van der Waals surface area contributed by atoms with Crippen LogP contribution in [0.1, 0.15) is 225 Å². The van der Waals surface area contributed by atoms with Crippen LogP contribution < -0.4 is 70.0 Å². The summed E-state index contributed by atoms with van der Waals surface area (Å²) >= 11 is 5.63. The Kier molecular flexibility index (Phi) is 37.2. The van der Waals surface area contributed by atoms with Gasteiger partial charge in [0.2, 0.25) is 0 Å². The maximum absolute atomic E-state index is 13.2. The van der Waals surface area contributed by atoms with Crippen molar-refractivity contribution in [2.24, 2.45) is 23.7 Å². The van der Waals surface area contributed by atoms with Gasteiger partial charge in [0.25, 0.3) is 23.6 Å². The summed E-state index contributed by atoms with van der Waals surface area (Å²) in [6.45, 7) is 28.4. The number of amides is 13. The number of carbonyl (C=O) groups is 14. The normalized spacial score (nSPS) is 18.1. The van der Waals surface area contributed by atoms with Crippen LogP contribution in [0.2, 0.25) is 0 Å². The van der Waals surface area contributed by atoms with Crippen LogP contribution in [0.4, 0.5) is 55.6 Å². The average Bonchev–Trinajstić information content (AvgIpc) is 1.76. The number of aliphatic carboxylic acids is 1. The molecule has 4 aliphatic rings. The molecule has 0 bridgehead atoms. The number of thiophene rings is 4. The molecular formula is C90H118N20O17S4. The fraction of sp³-hybridized carbons (Fsp3) is 0.444. The van der Waals surface area contributed by atoms with Crippen LogP contribution in [-0.2, 0) is 47.8 Å². The quantitative estimate of drug-likeness (QED) is 0.0450. The van der Waals surface area contributed by atoms with Crippen molar-refractivity contribution in [3.05, 3.63) is 159 Å². The lowest BCUT2D eigenvalue weighted by Gasteiger charge is -2.37. The summed E-state index contributed by atoms with van der Waals surface area (Å²) in [5.41, 5.74) is 14.1. The highest BCUT2D eigenvalue weighted by atomic mass is 32.1. The van der Waals surface area contributed by atoms with E-state index < -0.39 is 70.7 Å². The van der Waals surface area contributed by atoms with Gasteiger partial charge in [0.15, 0.2) is 0 Å². The third kappa shape index (κ3) is 30.4. The van der Waals surface area contributed by atoms with E-state index >= 15 is 0 Å². The van der Waals surface area contributed by atoms with Crippen LogP contribution in [0.25, 0.3) is 0 Å². The highest BCUT2D eigenvalue weighted by Gasteiger charge is 2.40. The molecule has 16 N–H and O–H groups in total. The molecule has 12 rings (SSSR count). The Morgan fingerprint density at radius 3 is 0.947 bits per heavy atom. The number of anilines is 8. The minimum absolute atomic E-state index is 0.0143. The first kappa shape index (κ1) is 104. The molecule has 0 aromatic carbocycles. The van der Waals surface area contributed by atoms with Gasteiger partial charge in [-0.3, -0.25) is 63.4 Å². The first-order valence-electron chi connectivity index (χ1n) is 42.5. The second-order valence-electron chi connectivity index (χ2n) is 34.2. The van der Waals surface area contributed by atoms with Gasteiger partial charge >= 0.3 is 59.5 Å². The minimum atomic E-state index is -1.59. The van der Waals surface area contributed by atoms with Gasteiger partial charge in [0, 0.05) is 73.4 Å². The maximum Gasteiger partial charge on any atom is 0.413 e. The van der Waals surface area contributed by atoms with Gasteiger partial charge in [-0.15, -0.1) is 45.3 Å². The standard InChI is InChI=1S/C25H33N5O5S.2C20H25N5O3S.C13H17N3O5.C12H18N2OS/c1-14-7-8-17(18-9-10-19(36-18)21(31)26-6)30(13-14)23(33)22(32)28-16-11-15(2)20(27-12-16)29-24(34)35-25(3,4)5;2*1-11-4-5-14(15-6-7-16(29-15)18(26)22-3)25(10-11)20(28)19(27)24-13-8-12(2)17(21)23-9-13;1-7-5-8(15-10(17)11(18)19)6-14-9(7)16-12(20)21-13(2,3)4;1-8-3-4-9(14-7-8)10-5-6-11(16-10)12(15)13-2/h9-12,14,17H,7-8,13H2,1-6H3,(H,26,31)(H,28,32)(H,27,29,34);2*6-9,11,14H,4-5,10H2,1-3H3,(H2,21,23)(H,22,26)(H,24,27);5-6H,1-4H3,(H,15,17)(H,18,19)(H,14,16,20);5-6,8-9,14H,3-4,7H2,1-2H3,(H,13,15)/t14-,17+;2*11-,14+;;8-,9+/m111.1/s1. The van der Waals surface area contributed by atoms with Gasteiger partial charge in [0.05, 0.1) is 85.2 Å². The van der Waals surface area contributed by atoms with Crippen LogP contribution in [0.5, 0.6) is 0 Å².